The number of hydrogen-bond acceptors (Lipinski definition) is 4. The smallest absolute Gasteiger partial charge is 0.251 e. The number of anilines is 1. The van der Waals surface area contributed by atoms with Crippen LogP contribution in [0.1, 0.15) is 36.5 Å². The average Bonchev–Trinajstić information content (AvgIpc) is 3.22. The van der Waals surface area contributed by atoms with Crippen molar-refractivity contribution in [2.75, 3.05) is 25.4 Å². The number of rotatable bonds is 5. The first-order valence-corrected chi connectivity index (χ1v) is 7.74. The third-order valence-electron chi connectivity index (χ3n) is 4.19. The van der Waals surface area contributed by atoms with Crippen molar-refractivity contribution in [3.8, 4) is 5.75 Å². The maximum absolute atomic E-state index is 12.3. The van der Waals surface area contributed by atoms with Gasteiger partial charge in [0.2, 0.25) is 0 Å². The number of nitrogens with two attached hydrogens (primary N) is 1. The van der Waals surface area contributed by atoms with E-state index in [4.69, 9.17) is 10.5 Å². The summed E-state index contributed by atoms with van der Waals surface area (Å²) in [6.07, 6.45) is 3.67. The largest absolute Gasteiger partial charge is 0.492 e. The first-order chi connectivity index (χ1) is 10.2. The van der Waals surface area contributed by atoms with Crippen molar-refractivity contribution >= 4 is 11.6 Å². The second kappa shape index (κ2) is 5.93. The van der Waals surface area contributed by atoms with Crippen molar-refractivity contribution in [1.29, 1.82) is 0 Å². The van der Waals surface area contributed by atoms with Gasteiger partial charge in [0.25, 0.3) is 5.91 Å². The number of carbonyl (C=O) groups excluding carboxylic acids is 1. The first kappa shape index (κ1) is 14.2. The van der Waals surface area contributed by atoms with Crippen molar-refractivity contribution in [3.63, 3.8) is 0 Å². The lowest BCUT2D eigenvalue weighted by molar-refractivity contribution is 0.0937. The molecule has 5 nitrogen and oxygen atoms in total. The van der Waals surface area contributed by atoms with Crippen molar-refractivity contribution in [2.24, 2.45) is 0 Å². The van der Waals surface area contributed by atoms with E-state index < -0.39 is 0 Å². The standard InChI is InChI=1S/C16H23N3O2/c1-2-21-15-6-3-11(9-14(15)17)16(20)18-12-7-8-19(10-12)13-4-5-13/h3,6,9,12-13H,2,4-5,7-8,10,17H2,1H3,(H,18,20). The molecule has 1 atom stereocenters. The Morgan fingerprint density at radius 2 is 2.24 bits per heavy atom. The Kier molecular flexibility index (Phi) is 4.01. The van der Waals surface area contributed by atoms with Crippen LogP contribution >= 0.6 is 0 Å². The van der Waals surface area contributed by atoms with E-state index in [1.807, 2.05) is 6.92 Å². The molecule has 1 amide bonds. The molecule has 3 N–H and O–H groups in total. The number of ether oxygens (including phenoxy) is 1. The van der Waals surface area contributed by atoms with Gasteiger partial charge >= 0.3 is 0 Å². The zero-order valence-corrected chi connectivity index (χ0v) is 12.5. The molecule has 0 bridgehead atoms. The average molecular weight is 289 g/mol. The van der Waals surface area contributed by atoms with Crippen molar-refractivity contribution < 1.29 is 9.53 Å². The second-order valence-corrected chi connectivity index (χ2v) is 5.87. The van der Waals surface area contributed by atoms with E-state index in [-0.39, 0.29) is 11.9 Å². The van der Waals surface area contributed by atoms with Gasteiger partial charge in [-0.15, -0.1) is 0 Å². The van der Waals surface area contributed by atoms with Crippen molar-refractivity contribution in [1.82, 2.24) is 10.2 Å². The topological polar surface area (TPSA) is 67.6 Å². The van der Waals surface area contributed by atoms with Gasteiger partial charge in [0, 0.05) is 30.7 Å². The number of benzene rings is 1. The van der Waals surface area contributed by atoms with Gasteiger partial charge in [-0.05, 0) is 44.4 Å². The molecule has 1 unspecified atom stereocenters. The quantitative estimate of drug-likeness (QED) is 0.809. The molecule has 3 rings (SSSR count). The summed E-state index contributed by atoms with van der Waals surface area (Å²) < 4.78 is 5.39. The minimum atomic E-state index is -0.0487. The lowest BCUT2D eigenvalue weighted by atomic mass is 10.1. The maximum atomic E-state index is 12.3. The Bertz CT molecular complexity index is 528. The van der Waals surface area contributed by atoms with Crippen LogP contribution in [0.5, 0.6) is 5.75 Å². The second-order valence-electron chi connectivity index (χ2n) is 5.87. The molecule has 1 aromatic carbocycles. The van der Waals surface area contributed by atoms with E-state index in [0.717, 1.165) is 25.6 Å². The normalized spacial score (nSPS) is 22.2. The van der Waals surface area contributed by atoms with Crippen LogP contribution in [0.4, 0.5) is 5.69 Å². The number of amides is 1. The summed E-state index contributed by atoms with van der Waals surface area (Å²) in [6, 6.07) is 6.25. The highest BCUT2D eigenvalue weighted by molar-refractivity contribution is 5.95. The minimum absolute atomic E-state index is 0.0487. The lowest BCUT2D eigenvalue weighted by Crippen LogP contribution is -2.37. The van der Waals surface area contributed by atoms with Crippen LogP contribution in [0, 0.1) is 0 Å². The molecule has 1 aromatic rings. The van der Waals surface area contributed by atoms with Crippen LogP contribution in [0.25, 0.3) is 0 Å². The summed E-state index contributed by atoms with van der Waals surface area (Å²) in [7, 11) is 0. The molecule has 1 aliphatic heterocycles. The highest BCUT2D eigenvalue weighted by Gasteiger charge is 2.34. The van der Waals surface area contributed by atoms with E-state index >= 15 is 0 Å². The summed E-state index contributed by atoms with van der Waals surface area (Å²) in [5, 5.41) is 3.11. The number of nitrogen functional groups attached to an aromatic ring is 1. The number of likely N-dealkylation sites (tertiary alicyclic amines) is 1. The number of hydrogen-bond donors (Lipinski definition) is 2. The summed E-state index contributed by atoms with van der Waals surface area (Å²) in [5.74, 6) is 0.585. The van der Waals surface area contributed by atoms with Crippen LogP contribution in [-0.4, -0.2) is 42.6 Å². The first-order valence-electron chi connectivity index (χ1n) is 7.74. The molecule has 1 aliphatic carbocycles. The van der Waals surface area contributed by atoms with Gasteiger partial charge in [0.1, 0.15) is 5.75 Å². The summed E-state index contributed by atoms with van der Waals surface area (Å²) in [6.45, 7) is 4.55. The molecule has 2 fully saturated rings. The Morgan fingerprint density at radius 3 is 2.90 bits per heavy atom. The van der Waals surface area contributed by atoms with Crippen LogP contribution in [-0.2, 0) is 0 Å². The van der Waals surface area contributed by atoms with Gasteiger partial charge in [0.05, 0.1) is 12.3 Å². The van der Waals surface area contributed by atoms with Gasteiger partial charge in [-0.2, -0.15) is 0 Å². The summed E-state index contributed by atoms with van der Waals surface area (Å²) in [4.78, 5) is 14.8. The van der Waals surface area contributed by atoms with Crippen LogP contribution in [0.15, 0.2) is 18.2 Å². The minimum Gasteiger partial charge on any atom is -0.492 e. The summed E-state index contributed by atoms with van der Waals surface area (Å²) >= 11 is 0. The summed E-state index contributed by atoms with van der Waals surface area (Å²) in [5.41, 5.74) is 7.02. The van der Waals surface area contributed by atoms with Gasteiger partial charge < -0.3 is 15.8 Å². The molecular weight excluding hydrogens is 266 g/mol. The van der Waals surface area contributed by atoms with Crippen molar-refractivity contribution in [3.05, 3.63) is 23.8 Å². The molecule has 0 aromatic heterocycles. The molecule has 1 heterocycles. The van der Waals surface area contributed by atoms with Crippen LogP contribution < -0.4 is 15.8 Å². The SMILES string of the molecule is CCOc1ccc(C(=O)NC2CCN(C3CC3)C2)cc1N. The highest BCUT2D eigenvalue weighted by atomic mass is 16.5. The molecule has 114 valence electrons. The van der Waals surface area contributed by atoms with Gasteiger partial charge in [-0.1, -0.05) is 0 Å². The molecule has 1 saturated carbocycles. The Morgan fingerprint density at radius 1 is 1.43 bits per heavy atom. The van der Waals surface area contributed by atoms with Gasteiger partial charge in [-0.3, -0.25) is 9.69 Å². The van der Waals surface area contributed by atoms with Gasteiger partial charge in [0.15, 0.2) is 0 Å². The third-order valence-corrected chi connectivity index (χ3v) is 4.19. The zero-order chi connectivity index (χ0) is 14.8. The molecule has 0 radical (unpaired) electrons. The van der Waals surface area contributed by atoms with E-state index in [0.29, 0.717) is 23.6 Å². The van der Waals surface area contributed by atoms with E-state index in [9.17, 15) is 4.79 Å². The van der Waals surface area contributed by atoms with Crippen LogP contribution in [0.3, 0.4) is 0 Å². The van der Waals surface area contributed by atoms with E-state index in [1.54, 1.807) is 18.2 Å². The Labute approximate surface area is 125 Å². The number of carbonyl (C=O) groups is 1. The number of nitrogens with zero attached hydrogens (tertiary/aromatic N) is 1. The fraction of sp³-hybridized carbons (Fsp3) is 0.562. The fourth-order valence-electron chi connectivity index (χ4n) is 2.92. The maximum Gasteiger partial charge on any atom is 0.251 e. The van der Waals surface area contributed by atoms with Gasteiger partial charge in [-0.25, -0.2) is 0 Å². The zero-order valence-electron chi connectivity index (χ0n) is 12.5. The Balaban J connectivity index is 1.58. The van der Waals surface area contributed by atoms with Crippen LogP contribution in [0.2, 0.25) is 0 Å². The van der Waals surface area contributed by atoms with E-state index in [1.165, 1.54) is 12.8 Å². The molecule has 2 aliphatic rings. The molecule has 21 heavy (non-hydrogen) atoms. The molecule has 5 heteroatoms. The highest BCUT2D eigenvalue weighted by Crippen LogP contribution is 2.30. The molecule has 0 spiro atoms. The lowest BCUT2D eigenvalue weighted by Gasteiger charge is -2.16. The fourth-order valence-corrected chi connectivity index (χ4v) is 2.92. The van der Waals surface area contributed by atoms with Crippen molar-refractivity contribution in [2.45, 2.75) is 38.3 Å². The molecular formula is C16H23N3O2. The predicted octanol–water partition coefficient (Wildman–Crippen LogP) is 1.63. The third kappa shape index (κ3) is 3.29. The Hall–Kier alpha value is -1.75. The van der Waals surface area contributed by atoms with E-state index in [2.05, 4.69) is 10.2 Å². The monoisotopic (exact) mass is 289 g/mol. The predicted molar refractivity (Wildman–Crippen MR) is 82.5 cm³/mol. The number of nitrogens with one attached hydrogen (secondary N) is 1. The molecule has 1 saturated heterocycles.